The molecule has 1 unspecified atom stereocenters. The molecule has 1 aromatic carbocycles. The number of benzene rings is 1. The predicted molar refractivity (Wildman–Crippen MR) is 146 cm³/mol. The number of hydrogen-bond acceptors (Lipinski definition) is 8. The van der Waals surface area contributed by atoms with Gasteiger partial charge in [-0.25, -0.2) is 19.4 Å². The van der Waals surface area contributed by atoms with Gasteiger partial charge in [0.2, 0.25) is 0 Å². The molecular weight excluding hydrogens is 500 g/mol. The lowest BCUT2D eigenvalue weighted by Gasteiger charge is -2.33. The first-order chi connectivity index (χ1) is 18.9. The fraction of sp³-hybridized carbons (Fsp3) is 0.519. The molecule has 12 nitrogen and oxygen atoms in total. The summed E-state index contributed by atoms with van der Waals surface area (Å²) in [5.41, 5.74) is 2.33. The Hall–Kier alpha value is -3.77. The van der Waals surface area contributed by atoms with Gasteiger partial charge in [-0.2, -0.15) is 5.10 Å². The second kappa shape index (κ2) is 10.8. The standard InChI is InChI=1S/C27H34N8O4/c1-17-15-34(12-13-39-17)25-22-14-28-35(21-8-10-33(11-9-21)16-23(36)37)26(22)32-24(31-25)18-2-4-19(5-3-18)29-27(38)30-20-6-7-20/h2-5,14,17,20-21H,6-13,15-16H2,1H3,(H,36,37)(H2,29,30,38). The first-order valence-corrected chi connectivity index (χ1v) is 13.7. The van der Waals surface area contributed by atoms with Gasteiger partial charge in [0.05, 0.1) is 36.9 Å². The summed E-state index contributed by atoms with van der Waals surface area (Å²) in [7, 11) is 0. The normalized spacial score (nSPS) is 20.7. The predicted octanol–water partition coefficient (Wildman–Crippen LogP) is 2.72. The van der Waals surface area contributed by atoms with Gasteiger partial charge in [-0.15, -0.1) is 0 Å². The average molecular weight is 535 g/mol. The zero-order valence-electron chi connectivity index (χ0n) is 22.0. The molecule has 2 amide bonds. The van der Waals surface area contributed by atoms with Crippen LogP contribution in [0.15, 0.2) is 30.5 Å². The maximum atomic E-state index is 12.1. The summed E-state index contributed by atoms with van der Waals surface area (Å²) in [6.07, 6.45) is 5.62. The second-order valence-electron chi connectivity index (χ2n) is 10.7. The monoisotopic (exact) mass is 534 g/mol. The van der Waals surface area contributed by atoms with Crippen molar-refractivity contribution in [2.45, 2.75) is 50.8 Å². The Bertz CT molecular complexity index is 1350. The number of morpholine rings is 1. The molecule has 3 aromatic rings. The molecule has 3 fully saturated rings. The van der Waals surface area contributed by atoms with Crippen LogP contribution in [0.1, 0.15) is 38.6 Å². The minimum absolute atomic E-state index is 0.0609. The Kier molecular flexibility index (Phi) is 7.05. The quantitative estimate of drug-likeness (QED) is 0.418. The molecule has 0 radical (unpaired) electrons. The van der Waals surface area contributed by atoms with Crippen LogP contribution in [0, 0.1) is 0 Å². The number of nitrogens with zero attached hydrogens (tertiary/aromatic N) is 6. The van der Waals surface area contributed by atoms with Crippen LogP contribution in [-0.4, -0.2) is 93.2 Å². The molecule has 1 saturated carbocycles. The molecular formula is C27H34N8O4. The van der Waals surface area contributed by atoms with Gasteiger partial charge < -0.3 is 25.4 Å². The van der Waals surface area contributed by atoms with Gasteiger partial charge in [0.1, 0.15) is 5.82 Å². The van der Waals surface area contributed by atoms with Crippen molar-refractivity contribution in [3.8, 4) is 11.4 Å². The van der Waals surface area contributed by atoms with E-state index in [1.165, 1.54) is 0 Å². The zero-order valence-corrected chi connectivity index (χ0v) is 22.0. The van der Waals surface area contributed by atoms with Crippen LogP contribution in [0.25, 0.3) is 22.4 Å². The van der Waals surface area contributed by atoms with E-state index in [1.54, 1.807) is 0 Å². The summed E-state index contributed by atoms with van der Waals surface area (Å²) >= 11 is 0. The number of ether oxygens (including phenoxy) is 1. The number of rotatable bonds is 7. The SMILES string of the molecule is CC1CN(c2nc(-c3ccc(NC(=O)NC4CC4)cc3)nc3c2cnn3C2CCN(CC(=O)O)CC2)CCO1. The van der Waals surface area contributed by atoms with Crippen LogP contribution < -0.4 is 15.5 Å². The Labute approximate surface area is 226 Å². The van der Waals surface area contributed by atoms with Crippen LogP contribution >= 0.6 is 0 Å². The molecule has 206 valence electrons. The van der Waals surface area contributed by atoms with Crippen molar-refractivity contribution in [2.75, 3.05) is 49.5 Å². The average Bonchev–Trinajstić information content (AvgIpc) is 3.63. The summed E-state index contributed by atoms with van der Waals surface area (Å²) in [6.45, 7) is 5.61. The summed E-state index contributed by atoms with van der Waals surface area (Å²) < 4.78 is 7.77. The van der Waals surface area contributed by atoms with E-state index in [4.69, 9.17) is 24.9 Å². The van der Waals surface area contributed by atoms with Crippen LogP contribution in [0.2, 0.25) is 0 Å². The number of aliphatic carboxylic acids is 1. The number of likely N-dealkylation sites (tertiary alicyclic amines) is 1. The highest BCUT2D eigenvalue weighted by molar-refractivity contribution is 5.91. The highest BCUT2D eigenvalue weighted by Crippen LogP contribution is 2.32. The topological polar surface area (TPSA) is 138 Å². The molecule has 2 aliphatic heterocycles. The molecule has 0 spiro atoms. The third kappa shape index (κ3) is 5.81. The summed E-state index contributed by atoms with van der Waals surface area (Å²) in [6, 6.07) is 7.80. The molecule has 1 atom stereocenters. The third-order valence-electron chi connectivity index (χ3n) is 7.55. The fourth-order valence-electron chi connectivity index (χ4n) is 5.36. The van der Waals surface area contributed by atoms with Gasteiger partial charge in [-0.1, -0.05) is 0 Å². The molecule has 2 aromatic heterocycles. The minimum Gasteiger partial charge on any atom is -0.480 e. The van der Waals surface area contributed by atoms with E-state index in [0.717, 1.165) is 61.2 Å². The van der Waals surface area contributed by atoms with Crippen LogP contribution in [0.3, 0.4) is 0 Å². The minimum atomic E-state index is -0.801. The summed E-state index contributed by atoms with van der Waals surface area (Å²) in [5.74, 6) is 0.630. The fourth-order valence-corrected chi connectivity index (χ4v) is 5.36. The largest absolute Gasteiger partial charge is 0.480 e. The molecule has 1 aliphatic carbocycles. The van der Waals surface area contributed by atoms with E-state index < -0.39 is 5.97 Å². The number of piperidine rings is 1. The number of carbonyl (C=O) groups excluding carboxylic acids is 1. The van der Waals surface area contributed by atoms with Gasteiger partial charge in [-0.3, -0.25) is 9.69 Å². The van der Waals surface area contributed by atoms with Crippen molar-refractivity contribution >= 4 is 34.5 Å². The molecule has 12 heteroatoms. The maximum Gasteiger partial charge on any atom is 0.319 e. The van der Waals surface area contributed by atoms with E-state index in [9.17, 15) is 9.59 Å². The summed E-state index contributed by atoms with van der Waals surface area (Å²) in [4.78, 5) is 37.5. The van der Waals surface area contributed by atoms with Gasteiger partial charge in [0.15, 0.2) is 11.5 Å². The van der Waals surface area contributed by atoms with E-state index in [0.29, 0.717) is 37.3 Å². The van der Waals surface area contributed by atoms with Crippen molar-refractivity contribution in [3.05, 3.63) is 30.5 Å². The summed E-state index contributed by atoms with van der Waals surface area (Å²) in [5, 5.41) is 20.6. The van der Waals surface area contributed by atoms with Crippen LogP contribution in [-0.2, 0) is 9.53 Å². The van der Waals surface area contributed by atoms with Crippen LogP contribution in [0.4, 0.5) is 16.3 Å². The van der Waals surface area contributed by atoms with E-state index in [1.807, 2.05) is 40.0 Å². The molecule has 2 saturated heterocycles. The lowest BCUT2D eigenvalue weighted by molar-refractivity contribution is -0.138. The molecule has 39 heavy (non-hydrogen) atoms. The van der Waals surface area contributed by atoms with Gasteiger partial charge in [-0.05, 0) is 56.9 Å². The number of carboxylic acids is 1. The molecule has 4 heterocycles. The number of anilines is 2. The molecule has 3 N–H and O–H groups in total. The Balaban J connectivity index is 1.30. The number of carbonyl (C=O) groups is 2. The number of aromatic nitrogens is 4. The maximum absolute atomic E-state index is 12.1. The second-order valence-corrected chi connectivity index (χ2v) is 10.7. The van der Waals surface area contributed by atoms with E-state index in [2.05, 4.69) is 22.5 Å². The van der Waals surface area contributed by atoms with Crippen LogP contribution in [0.5, 0.6) is 0 Å². The Morgan fingerprint density at radius 1 is 1.08 bits per heavy atom. The van der Waals surface area contributed by atoms with Gasteiger partial charge in [0.25, 0.3) is 0 Å². The molecule has 3 aliphatic rings. The van der Waals surface area contributed by atoms with Gasteiger partial charge >= 0.3 is 12.0 Å². The number of amides is 2. The molecule has 0 bridgehead atoms. The first-order valence-electron chi connectivity index (χ1n) is 13.7. The third-order valence-corrected chi connectivity index (χ3v) is 7.55. The number of hydrogen-bond donors (Lipinski definition) is 3. The lowest BCUT2D eigenvalue weighted by Crippen LogP contribution is -2.41. The van der Waals surface area contributed by atoms with Crippen molar-refractivity contribution < 1.29 is 19.4 Å². The lowest BCUT2D eigenvalue weighted by atomic mass is 10.1. The van der Waals surface area contributed by atoms with Crippen molar-refractivity contribution in [2.24, 2.45) is 0 Å². The number of nitrogens with one attached hydrogen (secondary N) is 2. The Morgan fingerprint density at radius 2 is 1.85 bits per heavy atom. The highest BCUT2D eigenvalue weighted by atomic mass is 16.5. The smallest absolute Gasteiger partial charge is 0.319 e. The highest BCUT2D eigenvalue weighted by Gasteiger charge is 2.28. The first kappa shape index (κ1) is 25.5. The number of urea groups is 1. The zero-order chi connectivity index (χ0) is 26.9. The van der Waals surface area contributed by atoms with E-state index in [-0.39, 0.29) is 24.7 Å². The van der Waals surface area contributed by atoms with Gasteiger partial charge in [0, 0.05) is 43.5 Å². The van der Waals surface area contributed by atoms with Crippen molar-refractivity contribution in [1.82, 2.24) is 30.0 Å². The number of fused-ring (bicyclic) bond motifs is 1. The van der Waals surface area contributed by atoms with Crippen molar-refractivity contribution in [1.29, 1.82) is 0 Å². The van der Waals surface area contributed by atoms with Crippen molar-refractivity contribution in [3.63, 3.8) is 0 Å². The van der Waals surface area contributed by atoms with E-state index >= 15 is 0 Å². The number of carboxylic acid groups (broad SMARTS) is 1. The molecule has 6 rings (SSSR count). The Morgan fingerprint density at radius 3 is 2.54 bits per heavy atom.